The molecule has 7 nitrogen and oxygen atoms in total. The molecule has 0 amide bonds. The Labute approximate surface area is 108 Å². The summed E-state index contributed by atoms with van der Waals surface area (Å²) >= 11 is 0. The predicted octanol–water partition coefficient (Wildman–Crippen LogP) is 0.680. The molecule has 1 aliphatic heterocycles. The zero-order chi connectivity index (χ0) is 13.3. The van der Waals surface area contributed by atoms with Crippen LogP contribution in [0.4, 0.5) is 5.95 Å². The van der Waals surface area contributed by atoms with Gasteiger partial charge in [-0.25, -0.2) is 9.78 Å². The van der Waals surface area contributed by atoms with E-state index >= 15 is 0 Å². The number of carbonyl (C=O) groups is 1. The number of nitrogens with zero attached hydrogens (tertiary/aromatic N) is 3. The van der Waals surface area contributed by atoms with E-state index in [9.17, 15) is 9.90 Å². The van der Waals surface area contributed by atoms with Gasteiger partial charge in [0.05, 0.1) is 12.1 Å². The maximum absolute atomic E-state index is 11.4. The molecule has 1 atom stereocenters. The van der Waals surface area contributed by atoms with Crippen molar-refractivity contribution in [3.05, 3.63) is 24.3 Å². The quantitative estimate of drug-likeness (QED) is 0.837. The first-order chi connectivity index (χ1) is 9.20. The SMILES string of the molecule is O=C(O)C1(Nc2nnc3ccccc3n2)CCOC1. The van der Waals surface area contributed by atoms with Crippen LogP contribution in [0.25, 0.3) is 11.0 Å². The Bertz CT molecular complexity index is 625. The van der Waals surface area contributed by atoms with Crippen LogP contribution in [0.1, 0.15) is 6.42 Å². The average molecular weight is 260 g/mol. The Morgan fingerprint density at radius 3 is 2.79 bits per heavy atom. The average Bonchev–Trinajstić information content (AvgIpc) is 2.88. The van der Waals surface area contributed by atoms with E-state index < -0.39 is 11.5 Å². The van der Waals surface area contributed by atoms with Crippen molar-refractivity contribution in [3.8, 4) is 0 Å². The molecule has 0 radical (unpaired) electrons. The largest absolute Gasteiger partial charge is 0.479 e. The number of rotatable bonds is 3. The summed E-state index contributed by atoms with van der Waals surface area (Å²) in [6.45, 7) is 0.499. The van der Waals surface area contributed by atoms with Crippen LogP contribution in [0.2, 0.25) is 0 Å². The summed E-state index contributed by atoms with van der Waals surface area (Å²) in [7, 11) is 0. The molecule has 0 bridgehead atoms. The van der Waals surface area contributed by atoms with Crippen molar-refractivity contribution < 1.29 is 14.6 Å². The molecule has 98 valence electrons. The number of anilines is 1. The third-order valence-electron chi connectivity index (χ3n) is 3.14. The van der Waals surface area contributed by atoms with Crippen LogP contribution in [0.5, 0.6) is 0 Å². The summed E-state index contributed by atoms with van der Waals surface area (Å²) in [4.78, 5) is 15.6. The summed E-state index contributed by atoms with van der Waals surface area (Å²) in [6, 6.07) is 7.28. The van der Waals surface area contributed by atoms with Gasteiger partial charge in [-0.1, -0.05) is 12.1 Å². The fourth-order valence-corrected chi connectivity index (χ4v) is 2.03. The van der Waals surface area contributed by atoms with Crippen LogP contribution in [0.15, 0.2) is 24.3 Å². The van der Waals surface area contributed by atoms with Crippen LogP contribution in [0, 0.1) is 0 Å². The van der Waals surface area contributed by atoms with E-state index in [2.05, 4.69) is 20.5 Å². The van der Waals surface area contributed by atoms with Crippen molar-refractivity contribution in [1.82, 2.24) is 15.2 Å². The number of benzene rings is 1. The number of carboxylic acids is 1. The first-order valence-electron chi connectivity index (χ1n) is 5.88. The van der Waals surface area contributed by atoms with Gasteiger partial charge in [0.15, 0.2) is 5.54 Å². The molecule has 1 saturated heterocycles. The minimum Gasteiger partial charge on any atom is -0.479 e. The number of nitrogens with one attached hydrogen (secondary N) is 1. The molecule has 2 aromatic rings. The maximum Gasteiger partial charge on any atom is 0.331 e. The Morgan fingerprint density at radius 1 is 1.32 bits per heavy atom. The van der Waals surface area contributed by atoms with Crippen molar-refractivity contribution in [2.75, 3.05) is 18.5 Å². The van der Waals surface area contributed by atoms with Crippen molar-refractivity contribution >= 4 is 23.0 Å². The van der Waals surface area contributed by atoms with Gasteiger partial charge in [-0.05, 0) is 12.1 Å². The standard InChI is InChI=1S/C12H12N4O3/c17-10(18)12(5-6-19-7-12)14-11-13-8-3-1-2-4-9(8)15-16-11/h1-4H,5-7H2,(H,17,18)(H,13,14,16). The second-order valence-corrected chi connectivity index (χ2v) is 4.44. The third-order valence-corrected chi connectivity index (χ3v) is 3.14. The number of hydrogen-bond acceptors (Lipinski definition) is 6. The Morgan fingerprint density at radius 2 is 2.11 bits per heavy atom. The topological polar surface area (TPSA) is 97.2 Å². The number of ether oxygens (including phenoxy) is 1. The van der Waals surface area contributed by atoms with Crippen molar-refractivity contribution in [3.63, 3.8) is 0 Å². The van der Waals surface area contributed by atoms with Crippen molar-refractivity contribution in [1.29, 1.82) is 0 Å². The molecule has 2 heterocycles. The highest BCUT2D eigenvalue weighted by atomic mass is 16.5. The van der Waals surface area contributed by atoms with Crippen LogP contribution in [-0.2, 0) is 9.53 Å². The molecular weight excluding hydrogens is 248 g/mol. The normalized spacial score (nSPS) is 22.5. The second-order valence-electron chi connectivity index (χ2n) is 4.44. The van der Waals surface area contributed by atoms with Gasteiger partial charge in [-0.2, -0.15) is 0 Å². The third kappa shape index (κ3) is 2.08. The summed E-state index contributed by atoms with van der Waals surface area (Å²) in [5.74, 6) is -0.770. The Kier molecular flexibility index (Phi) is 2.75. The summed E-state index contributed by atoms with van der Waals surface area (Å²) < 4.78 is 5.16. The molecule has 0 spiro atoms. The molecule has 1 unspecified atom stereocenters. The van der Waals surface area contributed by atoms with Crippen LogP contribution >= 0.6 is 0 Å². The fourth-order valence-electron chi connectivity index (χ4n) is 2.03. The molecule has 0 saturated carbocycles. The first kappa shape index (κ1) is 11.8. The molecule has 2 N–H and O–H groups in total. The second kappa shape index (κ2) is 4.43. The van der Waals surface area contributed by atoms with Gasteiger partial charge in [-0.3, -0.25) is 0 Å². The lowest BCUT2D eigenvalue weighted by Gasteiger charge is -2.23. The van der Waals surface area contributed by atoms with E-state index in [1.165, 1.54) is 0 Å². The summed E-state index contributed by atoms with van der Waals surface area (Å²) in [5.41, 5.74) is 0.170. The monoisotopic (exact) mass is 260 g/mol. The Balaban J connectivity index is 1.94. The van der Waals surface area contributed by atoms with Crippen LogP contribution in [0.3, 0.4) is 0 Å². The summed E-state index contributed by atoms with van der Waals surface area (Å²) in [6.07, 6.45) is 0.374. The van der Waals surface area contributed by atoms with E-state index in [1.54, 1.807) is 12.1 Å². The van der Waals surface area contributed by atoms with Crippen LogP contribution in [-0.4, -0.2) is 45.0 Å². The lowest BCUT2D eigenvalue weighted by atomic mass is 9.99. The minimum atomic E-state index is -1.16. The van der Waals surface area contributed by atoms with Gasteiger partial charge in [0.25, 0.3) is 0 Å². The fraction of sp³-hybridized carbons (Fsp3) is 0.333. The molecule has 7 heteroatoms. The van der Waals surface area contributed by atoms with Gasteiger partial charge in [-0.15, -0.1) is 10.2 Å². The summed E-state index contributed by atoms with van der Waals surface area (Å²) in [5, 5.41) is 20.1. The van der Waals surface area contributed by atoms with Gasteiger partial charge in [0.1, 0.15) is 5.52 Å². The molecule has 1 fully saturated rings. The minimum absolute atomic E-state index is 0.0958. The zero-order valence-corrected chi connectivity index (χ0v) is 10.0. The molecular formula is C12H12N4O3. The Hall–Kier alpha value is -2.28. The number of aromatic nitrogens is 3. The van der Waals surface area contributed by atoms with Gasteiger partial charge < -0.3 is 15.2 Å². The van der Waals surface area contributed by atoms with Gasteiger partial charge in [0, 0.05) is 13.0 Å². The number of hydrogen-bond donors (Lipinski definition) is 2. The van der Waals surface area contributed by atoms with E-state index in [4.69, 9.17) is 4.74 Å². The highest BCUT2D eigenvalue weighted by Crippen LogP contribution is 2.23. The molecule has 1 aromatic heterocycles. The van der Waals surface area contributed by atoms with Gasteiger partial charge >= 0.3 is 5.97 Å². The number of fused-ring (bicyclic) bond motifs is 1. The molecule has 1 aliphatic rings. The van der Waals surface area contributed by atoms with Gasteiger partial charge in [0.2, 0.25) is 5.95 Å². The van der Waals surface area contributed by atoms with Crippen molar-refractivity contribution in [2.45, 2.75) is 12.0 Å². The van der Waals surface area contributed by atoms with E-state index in [0.717, 1.165) is 0 Å². The smallest absolute Gasteiger partial charge is 0.331 e. The molecule has 0 aliphatic carbocycles. The van der Waals surface area contributed by atoms with Crippen LogP contribution < -0.4 is 5.32 Å². The molecule has 1 aromatic carbocycles. The van der Waals surface area contributed by atoms with E-state index in [1.807, 2.05) is 12.1 Å². The first-order valence-corrected chi connectivity index (χ1v) is 5.88. The zero-order valence-electron chi connectivity index (χ0n) is 10.0. The molecule has 3 rings (SSSR count). The highest BCUT2D eigenvalue weighted by Gasteiger charge is 2.43. The maximum atomic E-state index is 11.4. The predicted molar refractivity (Wildman–Crippen MR) is 66.8 cm³/mol. The lowest BCUT2D eigenvalue weighted by Crippen LogP contribution is -2.47. The van der Waals surface area contributed by atoms with E-state index in [-0.39, 0.29) is 12.6 Å². The highest BCUT2D eigenvalue weighted by molar-refractivity contribution is 5.83. The molecule has 19 heavy (non-hydrogen) atoms. The number of aliphatic carboxylic acids is 1. The lowest BCUT2D eigenvalue weighted by molar-refractivity contribution is -0.142. The van der Waals surface area contributed by atoms with Crippen molar-refractivity contribution in [2.24, 2.45) is 0 Å². The number of carboxylic acid groups (broad SMARTS) is 1. The van der Waals surface area contributed by atoms with E-state index in [0.29, 0.717) is 24.1 Å². The number of para-hydroxylation sites is 1.